The van der Waals surface area contributed by atoms with Gasteiger partial charge in [0.1, 0.15) is 6.54 Å². The van der Waals surface area contributed by atoms with E-state index in [1.54, 1.807) is 31.2 Å². The largest absolute Gasteiger partial charge is 0.322 e. The molecular formula is C17H12F3N3O2. The Labute approximate surface area is 139 Å². The first-order chi connectivity index (χ1) is 11.9. The summed E-state index contributed by atoms with van der Waals surface area (Å²) in [5.41, 5.74) is -0.460. The van der Waals surface area contributed by atoms with Crippen LogP contribution in [0.2, 0.25) is 0 Å². The molecule has 0 fully saturated rings. The predicted octanol–water partition coefficient (Wildman–Crippen LogP) is 2.76. The number of hydrogen-bond acceptors (Lipinski definition) is 3. The van der Waals surface area contributed by atoms with Crippen molar-refractivity contribution in [1.82, 2.24) is 9.78 Å². The Bertz CT molecular complexity index is 1050. The molecule has 1 heterocycles. The second kappa shape index (κ2) is 6.39. The number of benzene rings is 2. The highest BCUT2D eigenvalue weighted by Crippen LogP contribution is 2.19. The predicted molar refractivity (Wildman–Crippen MR) is 85.7 cm³/mol. The molecule has 3 aromatic rings. The summed E-state index contributed by atoms with van der Waals surface area (Å²) < 4.78 is 40.6. The SMILES string of the molecule is Cc1nn(CC(=O)Nc2ccc(F)c(F)c2F)c(=O)c2ccccc12. The Morgan fingerprint density at radius 1 is 1.08 bits per heavy atom. The highest BCUT2D eigenvalue weighted by Gasteiger charge is 2.16. The van der Waals surface area contributed by atoms with Crippen molar-refractivity contribution in [1.29, 1.82) is 0 Å². The number of aromatic nitrogens is 2. The summed E-state index contributed by atoms with van der Waals surface area (Å²) in [6, 6.07) is 8.38. The van der Waals surface area contributed by atoms with Crippen LogP contribution in [0.3, 0.4) is 0 Å². The lowest BCUT2D eigenvalue weighted by Crippen LogP contribution is -2.30. The number of carbonyl (C=O) groups is 1. The van der Waals surface area contributed by atoms with Crippen molar-refractivity contribution in [3.05, 3.63) is 69.9 Å². The minimum absolute atomic E-state index is 0.391. The van der Waals surface area contributed by atoms with Gasteiger partial charge in [0, 0.05) is 5.39 Å². The van der Waals surface area contributed by atoms with Crippen LogP contribution in [0.1, 0.15) is 5.69 Å². The molecule has 2 aromatic carbocycles. The molecule has 0 atom stereocenters. The summed E-state index contributed by atoms with van der Waals surface area (Å²) in [4.78, 5) is 24.4. The number of anilines is 1. The van der Waals surface area contributed by atoms with Gasteiger partial charge in [-0.3, -0.25) is 9.59 Å². The quantitative estimate of drug-likeness (QED) is 0.741. The lowest BCUT2D eigenvalue weighted by molar-refractivity contribution is -0.117. The van der Waals surface area contributed by atoms with E-state index in [0.29, 0.717) is 22.5 Å². The van der Waals surface area contributed by atoms with Crippen LogP contribution in [-0.2, 0) is 11.3 Å². The third-order valence-corrected chi connectivity index (χ3v) is 3.66. The lowest BCUT2D eigenvalue weighted by Gasteiger charge is -2.10. The maximum Gasteiger partial charge on any atom is 0.275 e. The van der Waals surface area contributed by atoms with Crippen molar-refractivity contribution in [2.24, 2.45) is 0 Å². The zero-order valence-electron chi connectivity index (χ0n) is 13.0. The van der Waals surface area contributed by atoms with Crippen molar-refractivity contribution in [2.45, 2.75) is 13.5 Å². The highest BCUT2D eigenvalue weighted by molar-refractivity contribution is 5.91. The number of nitrogens with zero attached hydrogens (tertiary/aromatic N) is 2. The fraction of sp³-hybridized carbons (Fsp3) is 0.118. The third kappa shape index (κ3) is 3.10. The number of aryl methyl sites for hydroxylation is 1. The standard InChI is InChI=1S/C17H12F3N3O2/c1-9-10-4-2-3-5-11(10)17(25)23(22-9)8-14(24)21-13-7-6-12(18)15(19)16(13)20/h2-7H,8H2,1H3,(H,21,24). The van der Waals surface area contributed by atoms with Crippen LogP contribution < -0.4 is 10.9 Å². The monoisotopic (exact) mass is 347 g/mol. The van der Waals surface area contributed by atoms with Gasteiger partial charge in [0.25, 0.3) is 5.56 Å². The Balaban J connectivity index is 1.89. The zero-order valence-corrected chi connectivity index (χ0v) is 13.0. The molecule has 3 rings (SSSR count). The second-order valence-corrected chi connectivity index (χ2v) is 5.36. The van der Waals surface area contributed by atoms with Crippen LogP contribution in [0, 0.1) is 24.4 Å². The van der Waals surface area contributed by atoms with Crippen LogP contribution in [0.4, 0.5) is 18.9 Å². The summed E-state index contributed by atoms with van der Waals surface area (Å²) in [7, 11) is 0. The summed E-state index contributed by atoms with van der Waals surface area (Å²) in [6.45, 7) is 1.19. The molecule has 128 valence electrons. The van der Waals surface area contributed by atoms with Crippen LogP contribution in [0.15, 0.2) is 41.2 Å². The molecule has 0 spiro atoms. The number of nitrogens with one attached hydrogen (secondary N) is 1. The molecular weight excluding hydrogens is 335 g/mol. The van der Waals surface area contributed by atoms with Crippen molar-refractivity contribution >= 4 is 22.4 Å². The maximum absolute atomic E-state index is 13.6. The van der Waals surface area contributed by atoms with Gasteiger partial charge in [0.05, 0.1) is 16.8 Å². The number of halogens is 3. The van der Waals surface area contributed by atoms with E-state index in [1.165, 1.54) is 0 Å². The highest BCUT2D eigenvalue weighted by atomic mass is 19.2. The van der Waals surface area contributed by atoms with Gasteiger partial charge in [-0.15, -0.1) is 0 Å². The smallest absolute Gasteiger partial charge is 0.275 e. The van der Waals surface area contributed by atoms with Gasteiger partial charge >= 0.3 is 0 Å². The molecule has 0 aliphatic carbocycles. The molecule has 0 unspecified atom stereocenters. The Kier molecular flexibility index (Phi) is 4.26. The summed E-state index contributed by atoms with van der Waals surface area (Å²) >= 11 is 0. The molecule has 0 bridgehead atoms. The maximum atomic E-state index is 13.6. The molecule has 8 heteroatoms. The second-order valence-electron chi connectivity index (χ2n) is 5.36. The number of amides is 1. The van der Waals surface area contributed by atoms with Gasteiger partial charge < -0.3 is 5.32 Å². The van der Waals surface area contributed by atoms with Crippen molar-refractivity contribution in [2.75, 3.05) is 5.32 Å². The van der Waals surface area contributed by atoms with E-state index in [-0.39, 0.29) is 0 Å². The summed E-state index contributed by atoms with van der Waals surface area (Å²) in [6.07, 6.45) is 0. The van der Waals surface area contributed by atoms with E-state index in [0.717, 1.165) is 10.7 Å². The van der Waals surface area contributed by atoms with Crippen LogP contribution in [0.25, 0.3) is 10.8 Å². The topological polar surface area (TPSA) is 64.0 Å². The fourth-order valence-electron chi connectivity index (χ4n) is 2.46. The molecule has 0 radical (unpaired) electrons. The minimum atomic E-state index is -1.69. The van der Waals surface area contributed by atoms with E-state index in [1.807, 2.05) is 0 Å². The van der Waals surface area contributed by atoms with Gasteiger partial charge in [0.15, 0.2) is 17.5 Å². The Morgan fingerprint density at radius 2 is 1.76 bits per heavy atom. The molecule has 1 aromatic heterocycles. The Morgan fingerprint density at radius 3 is 2.48 bits per heavy atom. The van der Waals surface area contributed by atoms with Crippen molar-refractivity contribution in [3.8, 4) is 0 Å². The molecule has 0 aliphatic rings. The Hall–Kier alpha value is -3.16. The summed E-state index contributed by atoms with van der Waals surface area (Å²) in [5, 5.41) is 7.21. The molecule has 0 saturated heterocycles. The normalized spacial score (nSPS) is 10.9. The van der Waals surface area contributed by atoms with Gasteiger partial charge in [0.2, 0.25) is 5.91 Å². The van der Waals surface area contributed by atoms with E-state index in [4.69, 9.17) is 0 Å². The fourth-order valence-corrected chi connectivity index (χ4v) is 2.46. The average molecular weight is 347 g/mol. The number of hydrogen-bond donors (Lipinski definition) is 1. The minimum Gasteiger partial charge on any atom is -0.322 e. The number of rotatable bonds is 3. The first-order valence-corrected chi connectivity index (χ1v) is 7.28. The van der Waals surface area contributed by atoms with Crippen molar-refractivity contribution in [3.63, 3.8) is 0 Å². The van der Waals surface area contributed by atoms with Gasteiger partial charge in [-0.25, -0.2) is 17.9 Å². The van der Waals surface area contributed by atoms with E-state index < -0.39 is 41.2 Å². The van der Waals surface area contributed by atoms with Crippen LogP contribution in [-0.4, -0.2) is 15.7 Å². The van der Waals surface area contributed by atoms with Gasteiger partial charge in [-0.2, -0.15) is 5.10 Å². The van der Waals surface area contributed by atoms with Crippen LogP contribution >= 0.6 is 0 Å². The van der Waals surface area contributed by atoms with E-state index in [2.05, 4.69) is 10.4 Å². The molecule has 5 nitrogen and oxygen atoms in total. The first-order valence-electron chi connectivity index (χ1n) is 7.28. The first kappa shape index (κ1) is 16.7. The van der Waals surface area contributed by atoms with E-state index >= 15 is 0 Å². The molecule has 0 aliphatic heterocycles. The average Bonchev–Trinajstić information content (AvgIpc) is 2.60. The molecule has 0 saturated carbocycles. The lowest BCUT2D eigenvalue weighted by atomic mass is 10.1. The van der Waals surface area contributed by atoms with Gasteiger partial charge in [-0.1, -0.05) is 18.2 Å². The summed E-state index contributed by atoms with van der Waals surface area (Å²) in [5.74, 6) is -5.36. The third-order valence-electron chi connectivity index (χ3n) is 3.66. The number of fused-ring (bicyclic) bond motifs is 1. The van der Waals surface area contributed by atoms with Crippen LogP contribution in [0.5, 0.6) is 0 Å². The van der Waals surface area contributed by atoms with Crippen molar-refractivity contribution < 1.29 is 18.0 Å². The van der Waals surface area contributed by atoms with E-state index in [9.17, 15) is 22.8 Å². The molecule has 25 heavy (non-hydrogen) atoms. The number of carbonyl (C=O) groups excluding carboxylic acids is 1. The molecule has 1 N–H and O–H groups in total. The van der Waals surface area contributed by atoms with Gasteiger partial charge in [-0.05, 0) is 25.1 Å². The zero-order chi connectivity index (χ0) is 18.1. The molecule has 1 amide bonds.